The summed E-state index contributed by atoms with van der Waals surface area (Å²) in [4.78, 5) is 84.5. The van der Waals surface area contributed by atoms with E-state index in [2.05, 4.69) is 16.0 Å². The fourth-order valence-electron chi connectivity index (χ4n) is 3.84. The van der Waals surface area contributed by atoms with Crippen molar-refractivity contribution in [1.82, 2.24) is 16.0 Å². The van der Waals surface area contributed by atoms with Gasteiger partial charge in [0.25, 0.3) is 11.4 Å². The van der Waals surface area contributed by atoms with Crippen LogP contribution in [0.2, 0.25) is 0 Å². The highest BCUT2D eigenvalue weighted by molar-refractivity contribution is 7.99. The second kappa shape index (κ2) is 20.8. The molecule has 0 heterocycles. The molecule has 16 nitrogen and oxygen atoms in total. The Bertz CT molecular complexity index is 1270. The molecule has 0 saturated heterocycles. The third-order valence-corrected chi connectivity index (χ3v) is 7.44. The Kier molecular flexibility index (Phi) is 18.0. The molecular formula is C30H45N5O11S. The van der Waals surface area contributed by atoms with Crippen LogP contribution < -0.4 is 16.0 Å². The Hall–Kier alpha value is -4.28. The molecule has 17 heteroatoms. The normalized spacial score (nSPS) is 12.3. The summed E-state index contributed by atoms with van der Waals surface area (Å²) in [6.07, 6.45) is 2.47. The lowest BCUT2D eigenvalue weighted by atomic mass is 9.92. The van der Waals surface area contributed by atoms with E-state index in [1.165, 1.54) is 0 Å². The quantitative estimate of drug-likeness (QED) is 0.0556. The molecule has 2 atom stereocenters. The first-order valence-corrected chi connectivity index (χ1v) is 16.3. The van der Waals surface area contributed by atoms with Crippen LogP contribution in [0.1, 0.15) is 79.6 Å². The predicted octanol–water partition coefficient (Wildman–Crippen LogP) is 3.58. The minimum atomic E-state index is -1.32. The van der Waals surface area contributed by atoms with Gasteiger partial charge in [0.2, 0.25) is 17.7 Å². The van der Waals surface area contributed by atoms with Gasteiger partial charge in [0, 0.05) is 24.7 Å². The summed E-state index contributed by atoms with van der Waals surface area (Å²) in [5.74, 6) is -3.55. The van der Waals surface area contributed by atoms with Gasteiger partial charge in [-0.05, 0) is 30.7 Å². The molecule has 1 rings (SSSR count). The van der Waals surface area contributed by atoms with Gasteiger partial charge >= 0.3 is 11.9 Å². The lowest BCUT2D eigenvalue weighted by molar-refractivity contribution is -0.396. The second-order valence-electron chi connectivity index (χ2n) is 11.8. The number of benzene rings is 1. The number of non-ortho nitro benzene ring substituents is 1. The molecule has 0 saturated carbocycles. The van der Waals surface area contributed by atoms with Crippen LogP contribution in [0.25, 0.3) is 0 Å². The first-order valence-electron chi connectivity index (χ1n) is 15.3. The summed E-state index contributed by atoms with van der Waals surface area (Å²) in [5, 5.41) is 30.2. The van der Waals surface area contributed by atoms with Crippen LogP contribution in [0.5, 0.6) is 0 Å². The van der Waals surface area contributed by atoms with Crippen LogP contribution in [0.3, 0.4) is 0 Å². The number of amides is 3. The number of unbranched alkanes of at least 4 members (excludes halogenated alkanes) is 2. The fraction of sp³-hybridized carbons (Fsp3) is 0.633. The summed E-state index contributed by atoms with van der Waals surface area (Å²) in [5.41, 5.74) is -1.43. The average Bonchev–Trinajstić information content (AvgIpc) is 2.99. The number of hydrogen-bond acceptors (Lipinski definition) is 12. The van der Waals surface area contributed by atoms with Crippen LogP contribution in [-0.4, -0.2) is 77.1 Å². The Morgan fingerprint density at radius 3 is 2.09 bits per heavy atom. The lowest BCUT2D eigenvalue weighted by Crippen LogP contribution is -2.50. The zero-order chi connectivity index (χ0) is 35.6. The summed E-state index contributed by atoms with van der Waals surface area (Å²) in [6.45, 7) is 9.20. The van der Waals surface area contributed by atoms with Crippen LogP contribution in [-0.2, 0) is 33.4 Å². The van der Waals surface area contributed by atoms with Crippen LogP contribution in [0.4, 0.5) is 11.4 Å². The molecule has 0 aromatic heterocycles. The standard InChI is InChI=1S/C30H45N5O11S/c1-6-8-14-45-27(38)18-31-28(39)22(19-47-24-12-10-20(34(41)42)16-23(24)35(43)44)33-25(36)13-11-21(29(40)46-15-9-7-2)32-26(37)17-30(3,4)5/h10,12,16,21-22H,6-9,11,13-15,17-19H2,1-5H3,(H,31,39)(H,32,37)(H,33,36)/t21-,22-/m0/s1. The van der Waals surface area contributed by atoms with Crippen molar-refractivity contribution in [2.45, 2.75) is 96.5 Å². The highest BCUT2D eigenvalue weighted by Gasteiger charge is 2.28. The van der Waals surface area contributed by atoms with E-state index in [1.807, 2.05) is 34.6 Å². The smallest absolute Gasteiger partial charge is 0.328 e. The molecule has 0 bridgehead atoms. The largest absolute Gasteiger partial charge is 0.464 e. The third kappa shape index (κ3) is 16.7. The molecule has 262 valence electrons. The molecule has 3 amide bonds. The Morgan fingerprint density at radius 1 is 0.894 bits per heavy atom. The van der Waals surface area contributed by atoms with E-state index in [1.54, 1.807) is 0 Å². The van der Waals surface area contributed by atoms with E-state index in [0.717, 1.165) is 42.8 Å². The highest BCUT2D eigenvalue weighted by atomic mass is 32.2. The van der Waals surface area contributed by atoms with Gasteiger partial charge in [-0.1, -0.05) is 47.5 Å². The van der Waals surface area contributed by atoms with Crippen molar-refractivity contribution in [1.29, 1.82) is 0 Å². The number of carbonyl (C=O) groups excluding carboxylic acids is 5. The molecule has 0 fully saturated rings. The van der Waals surface area contributed by atoms with Crippen molar-refractivity contribution in [3.05, 3.63) is 38.4 Å². The number of carbonyl (C=O) groups is 5. The molecular weight excluding hydrogens is 638 g/mol. The molecule has 0 aliphatic heterocycles. The van der Waals surface area contributed by atoms with Crippen LogP contribution in [0.15, 0.2) is 23.1 Å². The zero-order valence-corrected chi connectivity index (χ0v) is 28.3. The van der Waals surface area contributed by atoms with Gasteiger partial charge < -0.3 is 25.4 Å². The SMILES string of the molecule is CCCCOC(=O)CNC(=O)[C@H](CSc1ccc([N+](=O)[O-])cc1[N+](=O)[O-])NC(=O)CC[C@H](NC(=O)CC(C)(C)C)C(=O)OCCCC. The first kappa shape index (κ1) is 40.7. The summed E-state index contributed by atoms with van der Waals surface area (Å²) < 4.78 is 10.3. The van der Waals surface area contributed by atoms with Crippen molar-refractivity contribution in [3.63, 3.8) is 0 Å². The monoisotopic (exact) mass is 683 g/mol. The van der Waals surface area contributed by atoms with E-state index in [0.29, 0.717) is 12.8 Å². The number of nitro benzene ring substituents is 2. The molecule has 0 spiro atoms. The first-order chi connectivity index (χ1) is 22.1. The van der Waals surface area contributed by atoms with E-state index in [-0.39, 0.29) is 48.5 Å². The molecule has 0 aliphatic carbocycles. The number of esters is 2. The number of hydrogen-bond donors (Lipinski definition) is 3. The van der Waals surface area contributed by atoms with Gasteiger partial charge in [-0.15, -0.1) is 11.8 Å². The van der Waals surface area contributed by atoms with E-state index < -0.39 is 69.5 Å². The summed E-state index contributed by atoms with van der Waals surface area (Å²) in [6, 6.07) is 0.572. The Morgan fingerprint density at radius 2 is 1.51 bits per heavy atom. The van der Waals surface area contributed by atoms with Gasteiger partial charge in [0.05, 0.1) is 34.0 Å². The zero-order valence-electron chi connectivity index (χ0n) is 27.5. The number of ether oxygens (including phenoxy) is 2. The van der Waals surface area contributed by atoms with Crippen molar-refractivity contribution in [2.24, 2.45) is 5.41 Å². The Labute approximate surface area is 277 Å². The van der Waals surface area contributed by atoms with Crippen molar-refractivity contribution < 1.29 is 43.3 Å². The van der Waals surface area contributed by atoms with Gasteiger partial charge in [0.15, 0.2) is 0 Å². The van der Waals surface area contributed by atoms with Gasteiger partial charge in [-0.25, -0.2) is 4.79 Å². The molecule has 1 aromatic carbocycles. The second-order valence-corrected chi connectivity index (χ2v) is 12.9. The Balaban J connectivity index is 3.09. The summed E-state index contributed by atoms with van der Waals surface area (Å²) >= 11 is 0.792. The molecule has 3 N–H and O–H groups in total. The minimum Gasteiger partial charge on any atom is -0.464 e. The number of nitrogens with zero attached hydrogens (tertiary/aromatic N) is 2. The number of rotatable bonds is 21. The molecule has 0 aliphatic rings. The van der Waals surface area contributed by atoms with Gasteiger partial charge in [-0.2, -0.15) is 0 Å². The van der Waals surface area contributed by atoms with E-state index >= 15 is 0 Å². The topological polar surface area (TPSA) is 226 Å². The molecule has 1 aromatic rings. The molecule has 0 unspecified atom stereocenters. The highest BCUT2D eigenvalue weighted by Crippen LogP contribution is 2.33. The van der Waals surface area contributed by atoms with E-state index in [9.17, 15) is 44.2 Å². The number of thioether (sulfide) groups is 1. The molecule has 0 radical (unpaired) electrons. The maximum Gasteiger partial charge on any atom is 0.328 e. The van der Waals surface area contributed by atoms with Gasteiger partial charge in [0.1, 0.15) is 18.6 Å². The number of nitro groups is 2. The lowest BCUT2D eigenvalue weighted by Gasteiger charge is -2.22. The average molecular weight is 684 g/mol. The summed E-state index contributed by atoms with van der Waals surface area (Å²) in [7, 11) is 0. The van der Waals surface area contributed by atoms with Crippen molar-refractivity contribution >= 4 is 52.8 Å². The maximum absolute atomic E-state index is 13.1. The predicted molar refractivity (Wildman–Crippen MR) is 172 cm³/mol. The van der Waals surface area contributed by atoms with Crippen LogP contribution >= 0.6 is 11.8 Å². The van der Waals surface area contributed by atoms with Crippen molar-refractivity contribution in [3.8, 4) is 0 Å². The van der Waals surface area contributed by atoms with Crippen LogP contribution in [0, 0.1) is 25.6 Å². The third-order valence-electron chi connectivity index (χ3n) is 6.29. The van der Waals surface area contributed by atoms with Crippen molar-refractivity contribution in [2.75, 3.05) is 25.5 Å². The maximum atomic E-state index is 13.1. The fourth-order valence-corrected chi connectivity index (χ4v) is 4.87. The van der Waals surface area contributed by atoms with E-state index in [4.69, 9.17) is 9.47 Å². The minimum absolute atomic E-state index is 0.00285. The molecule has 47 heavy (non-hydrogen) atoms. The van der Waals surface area contributed by atoms with Gasteiger partial charge in [-0.3, -0.25) is 39.4 Å². The number of nitrogens with one attached hydrogen (secondary N) is 3.